The van der Waals surface area contributed by atoms with Gasteiger partial charge >= 0.3 is 6.01 Å². The van der Waals surface area contributed by atoms with E-state index in [0.29, 0.717) is 16.8 Å². The SMILES string of the molecule is CCc1oc(N(Cc2ccc(Cl)c(F)c2)c2ccc(C#N)cc2)nc1C(=O)NS(C)(=O)=O. The van der Waals surface area contributed by atoms with Crippen LogP contribution in [0.15, 0.2) is 46.9 Å². The third-order valence-corrected chi connectivity index (χ3v) is 5.23. The monoisotopic (exact) mass is 476 g/mol. The van der Waals surface area contributed by atoms with Gasteiger partial charge in [-0.25, -0.2) is 17.5 Å². The lowest BCUT2D eigenvalue weighted by Gasteiger charge is -2.21. The predicted octanol–water partition coefficient (Wildman–Crippen LogP) is 3.93. The van der Waals surface area contributed by atoms with Gasteiger partial charge < -0.3 is 4.42 Å². The molecule has 1 amide bonds. The van der Waals surface area contributed by atoms with Crippen molar-refractivity contribution in [1.29, 1.82) is 5.26 Å². The second-order valence-electron chi connectivity index (χ2n) is 6.82. The maximum Gasteiger partial charge on any atom is 0.303 e. The molecule has 3 aromatic rings. The summed E-state index contributed by atoms with van der Waals surface area (Å²) in [6.07, 6.45) is 1.13. The van der Waals surface area contributed by atoms with E-state index in [9.17, 15) is 17.6 Å². The number of rotatable bonds is 7. The van der Waals surface area contributed by atoms with E-state index in [1.54, 1.807) is 42.2 Å². The highest BCUT2D eigenvalue weighted by atomic mass is 35.5. The van der Waals surface area contributed by atoms with Crippen LogP contribution >= 0.6 is 11.6 Å². The summed E-state index contributed by atoms with van der Waals surface area (Å²) >= 11 is 5.77. The first kappa shape index (κ1) is 23.2. The summed E-state index contributed by atoms with van der Waals surface area (Å²) in [7, 11) is -3.80. The lowest BCUT2D eigenvalue weighted by atomic mass is 10.1. The van der Waals surface area contributed by atoms with Crippen LogP contribution in [0.1, 0.15) is 34.3 Å². The van der Waals surface area contributed by atoms with E-state index >= 15 is 0 Å². The van der Waals surface area contributed by atoms with E-state index in [1.165, 1.54) is 12.1 Å². The van der Waals surface area contributed by atoms with Gasteiger partial charge in [0.05, 0.1) is 29.5 Å². The Bertz CT molecular complexity index is 1300. The number of hydrogen-bond acceptors (Lipinski definition) is 7. The molecule has 8 nitrogen and oxygen atoms in total. The predicted molar refractivity (Wildman–Crippen MR) is 117 cm³/mol. The molecule has 0 fully saturated rings. The van der Waals surface area contributed by atoms with E-state index in [1.807, 2.05) is 10.8 Å². The Hall–Kier alpha value is -3.42. The standard InChI is InChI=1S/C21H18ClFN4O4S/c1-3-18-19(20(28)26-32(2,29)30)25-21(31-18)27(15-7-4-13(11-24)5-8-15)12-14-6-9-16(22)17(23)10-14/h4-10H,3,12H2,1-2H3,(H,26,28). The molecular weight excluding hydrogens is 459 g/mol. The molecule has 0 aliphatic rings. The molecular formula is C21H18ClFN4O4S. The van der Waals surface area contributed by atoms with Gasteiger partial charge in [-0.05, 0) is 42.0 Å². The first-order valence-electron chi connectivity index (χ1n) is 9.34. The summed E-state index contributed by atoms with van der Waals surface area (Å²) in [6, 6.07) is 12.8. The number of amides is 1. The summed E-state index contributed by atoms with van der Waals surface area (Å²) < 4.78 is 44.6. The van der Waals surface area contributed by atoms with Crippen LogP contribution < -0.4 is 9.62 Å². The summed E-state index contributed by atoms with van der Waals surface area (Å²) in [5, 5.41) is 9.03. The Morgan fingerprint density at radius 2 is 1.97 bits per heavy atom. The highest BCUT2D eigenvalue weighted by Crippen LogP contribution is 2.30. The molecule has 166 valence electrons. The van der Waals surface area contributed by atoms with E-state index in [0.717, 1.165) is 6.26 Å². The second kappa shape index (κ2) is 9.38. The van der Waals surface area contributed by atoms with Crippen LogP contribution in [-0.2, 0) is 23.0 Å². The molecule has 0 bridgehead atoms. The first-order chi connectivity index (χ1) is 15.1. The molecule has 0 unspecified atom stereocenters. The maximum absolute atomic E-state index is 14.0. The van der Waals surface area contributed by atoms with Crippen molar-refractivity contribution in [2.75, 3.05) is 11.2 Å². The summed E-state index contributed by atoms with van der Waals surface area (Å²) in [4.78, 5) is 18.2. The molecule has 1 N–H and O–H groups in total. The van der Waals surface area contributed by atoms with E-state index < -0.39 is 21.7 Å². The van der Waals surface area contributed by atoms with Crippen molar-refractivity contribution < 1.29 is 22.0 Å². The number of aromatic nitrogens is 1. The molecule has 0 aliphatic carbocycles. The van der Waals surface area contributed by atoms with Crippen molar-refractivity contribution >= 4 is 39.2 Å². The number of anilines is 2. The van der Waals surface area contributed by atoms with Crippen LogP contribution in [-0.4, -0.2) is 25.6 Å². The molecule has 0 spiro atoms. The minimum atomic E-state index is -3.80. The van der Waals surface area contributed by atoms with Crippen molar-refractivity contribution in [3.05, 3.63) is 75.9 Å². The zero-order valence-corrected chi connectivity index (χ0v) is 18.7. The number of benzene rings is 2. The number of halogens is 2. The third-order valence-electron chi connectivity index (χ3n) is 4.36. The first-order valence-corrected chi connectivity index (χ1v) is 11.6. The highest BCUT2D eigenvalue weighted by Gasteiger charge is 2.25. The molecule has 32 heavy (non-hydrogen) atoms. The highest BCUT2D eigenvalue weighted by molar-refractivity contribution is 7.89. The Balaban J connectivity index is 2.07. The number of nitrogens with one attached hydrogen (secondary N) is 1. The molecule has 0 atom stereocenters. The molecule has 0 radical (unpaired) electrons. The fourth-order valence-electron chi connectivity index (χ4n) is 2.89. The molecule has 1 heterocycles. The molecule has 11 heteroatoms. The number of sulfonamides is 1. The average Bonchev–Trinajstić information content (AvgIpc) is 3.18. The maximum atomic E-state index is 14.0. The number of oxazole rings is 1. The van der Waals surface area contributed by atoms with Crippen molar-refractivity contribution in [1.82, 2.24) is 9.71 Å². The fourth-order valence-corrected chi connectivity index (χ4v) is 3.45. The van der Waals surface area contributed by atoms with Gasteiger partial charge in [-0.3, -0.25) is 9.69 Å². The largest absolute Gasteiger partial charge is 0.428 e. The van der Waals surface area contributed by atoms with E-state index in [2.05, 4.69) is 4.98 Å². The van der Waals surface area contributed by atoms with Crippen LogP contribution in [0.3, 0.4) is 0 Å². The summed E-state index contributed by atoms with van der Waals surface area (Å²) in [6.45, 7) is 1.82. The zero-order valence-electron chi connectivity index (χ0n) is 17.1. The van der Waals surface area contributed by atoms with Crippen LogP contribution in [0, 0.1) is 17.1 Å². The van der Waals surface area contributed by atoms with Crippen LogP contribution in [0.2, 0.25) is 5.02 Å². The Morgan fingerprint density at radius 3 is 2.53 bits per heavy atom. The van der Waals surface area contributed by atoms with Gasteiger partial charge in [0.15, 0.2) is 5.69 Å². The molecule has 2 aromatic carbocycles. The molecule has 0 aliphatic heterocycles. The minimum absolute atomic E-state index is 0.000525. The van der Waals surface area contributed by atoms with Gasteiger partial charge in [-0.1, -0.05) is 24.6 Å². The van der Waals surface area contributed by atoms with Crippen molar-refractivity contribution in [3.63, 3.8) is 0 Å². The van der Waals surface area contributed by atoms with Gasteiger partial charge in [0, 0.05) is 12.1 Å². The smallest absolute Gasteiger partial charge is 0.303 e. The minimum Gasteiger partial charge on any atom is -0.428 e. The lowest BCUT2D eigenvalue weighted by molar-refractivity contribution is 0.0975. The van der Waals surface area contributed by atoms with E-state index in [4.69, 9.17) is 21.3 Å². The van der Waals surface area contributed by atoms with Crippen LogP contribution in [0.25, 0.3) is 0 Å². The quantitative estimate of drug-likeness (QED) is 0.549. The van der Waals surface area contributed by atoms with Crippen LogP contribution in [0.4, 0.5) is 16.1 Å². The normalized spacial score (nSPS) is 11.1. The summed E-state index contributed by atoms with van der Waals surface area (Å²) in [5.41, 5.74) is 1.35. The van der Waals surface area contributed by atoms with Gasteiger partial charge in [0.1, 0.15) is 11.6 Å². The lowest BCUT2D eigenvalue weighted by Crippen LogP contribution is -2.30. The second-order valence-corrected chi connectivity index (χ2v) is 8.97. The topological polar surface area (TPSA) is 116 Å². The Kier molecular flexibility index (Phi) is 6.81. The van der Waals surface area contributed by atoms with Crippen molar-refractivity contribution in [3.8, 4) is 6.07 Å². The van der Waals surface area contributed by atoms with Gasteiger partial charge in [-0.2, -0.15) is 10.2 Å². The van der Waals surface area contributed by atoms with Crippen molar-refractivity contribution in [2.45, 2.75) is 19.9 Å². The molecule has 1 aromatic heterocycles. The molecule has 3 rings (SSSR count). The van der Waals surface area contributed by atoms with Crippen LogP contribution in [0.5, 0.6) is 0 Å². The van der Waals surface area contributed by atoms with E-state index in [-0.39, 0.29) is 35.5 Å². The van der Waals surface area contributed by atoms with Gasteiger partial charge in [0.2, 0.25) is 10.0 Å². The number of hydrogen-bond donors (Lipinski definition) is 1. The third kappa shape index (κ3) is 5.43. The number of carbonyl (C=O) groups is 1. The average molecular weight is 477 g/mol. The fraction of sp³-hybridized carbons (Fsp3) is 0.190. The molecule has 0 saturated carbocycles. The number of aryl methyl sites for hydroxylation is 1. The Labute approximate surface area is 189 Å². The number of carbonyl (C=O) groups excluding carboxylic acids is 1. The molecule has 0 saturated heterocycles. The van der Waals surface area contributed by atoms with Gasteiger partial charge in [0.25, 0.3) is 5.91 Å². The zero-order chi connectivity index (χ0) is 23.5. The number of nitriles is 1. The Morgan fingerprint density at radius 1 is 1.28 bits per heavy atom. The van der Waals surface area contributed by atoms with Gasteiger partial charge in [-0.15, -0.1) is 0 Å². The van der Waals surface area contributed by atoms with Crippen molar-refractivity contribution in [2.24, 2.45) is 0 Å². The summed E-state index contributed by atoms with van der Waals surface area (Å²) in [5.74, 6) is -1.34. The number of nitrogens with zero attached hydrogens (tertiary/aromatic N) is 3.